The van der Waals surface area contributed by atoms with Crippen LogP contribution in [0.4, 0.5) is 5.69 Å². The summed E-state index contributed by atoms with van der Waals surface area (Å²) in [5.41, 5.74) is 0.817. The van der Waals surface area contributed by atoms with Crippen molar-refractivity contribution in [1.29, 1.82) is 0 Å². The van der Waals surface area contributed by atoms with E-state index < -0.39 is 16.1 Å². The molecule has 0 radical (unpaired) electrons. The molecule has 1 aromatic heterocycles. The number of thiophene rings is 1. The maximum atomic E-state index is 12.5. The van der Waals surface area contributed by atoms with Crippen LogP contribution in [0, 0.1) is 0 Å². The van der Waals surface area contributed by atoms with Crippen molar-refractivity contribution in [1.82, 2.24) is 4.31 Å². The molecule has 124 valence electrons. The van der Waals surface area contributed by atoms with Crippen LogP contribution < -0.4 is 5.32 Å². The molecule has 0 bridgehead atoms. The van der Waals surface area contributed by atoms with Crippen LogP contribution in [0.2, 0.25) is 0 Å². The second-order valence-electron chi connectivity index (χ2n) is 4.89. The van der Waals surface area contributed by atoms with E-state index in [-0.39, 0.29) is 11.4 Å². The molecule has 2 heterocycles. The van der Waals surface area contributed by atoms with Crippen molar-refractivity contribution >= 4 is 54.8 Å². The largest absolute Gasteiger partial charge is 0.345 e. The van der Waals surface area contributed by atoms with Crippen molar-refractivity contribution < 1.29 is 13.2 Å². The molecule has 0 saturated heterocycles. The van der Waals surface area contributed by atoms with E-state index in [9.17, 15) is 13.2 Å². The fraction of sp³-hybridized carbons (Fsp3) is 0.0667. The Morgan fingerprint density at radius 2 is 2.08 bits per heavy atom. The summed E-state index contributed by atoms with van der Waals surface area (Å²) < 4.78 is 29.9. The van der Waals surface area contributed by atoms with Gasteiger partial charge in [0.15, 0.2) is 0 Å². The Bertz CT molecular complexity index is 950. The zero-order valence-corrected chi connectivity index (χ0v) is 15.7. The van der Waals surface area contributed by atoms with Crippen LogP contribution in [0.5, 0.6) is 0 Å². The lowest BCUT2D eigenvalue weighted by Crippen LogP contribution is -2.35. The number of hydrogen-bond acceptors (Lipinski definition) is 4. The molecular weight excluding hydrogens is 414 g/mol. The molecule has 1 N–H and O–H groups in total. The highest BCUT2D eigenvalue weighted by Crippen LogP contribution is 2.23. The fourth-order valence-electron chi connectivity index (χ4n) is 2.07. The van der Waals surface area contributed by atoms with Gasteiger partial charge in [-0.25, -0.2) is 4.31 Å². The van der Waals surface area contributed by atoms with Gasteiger partial charge in [0.2, 0.25) is 0 Å². The Hall–Kier alpha value is -1.97. The Balaban J connectivity index is 1.95. The number of rotatable bonds is 3. The third kappa shape index (κ3) is 3.42. The zero-order chi connectivity index (χ0) is 17.3. The first kappa shape index (κ1) is 16.9. The SMILES string of the molecule is CN1C(C(=O)Nc2cccc(Br)c2)=CC(c2cccs2)=NS1(=O)=O. The Morgan fingerprint density at radius 3 is 2.75 bits per heavy atom. The van der Waals surface area contributed by atoms with E-state index in [2.05, 4.69) is 25.6 Å². The molecule has 0 spiro atoms. The first-order chi connectivity index (χ1) is 11.4. The lowest BCUT2D eigenvalue weighted by Gasteiger charge is -2.23. The smallest absolute Gasteiger partial charge is 0.321 e. The predicted octanol–water partition coefficient (Wildman–Crippen LogP) is 3.01. The highest BCUT2D eigenvalue weighted by molar-refractivity contribution is 9.10. The number of allylic oxidation sites excluding steroid dienone is 1. The summed E-state index contributed by atoms with van der Waals surface area (Å²) in [6.07, 6.45) is 1.47. The van der Waals surface area contributed by atoms with E-state index in [0.29, 0.717) is 10.6 Å². The fourth-order valence-corrected chi connectivity index (χ4v) is 4.12. The maximum absolute atomic E-state index is 12.5. The van der Waals surface area contributed by atoms with E-state index in [1.807, 2.05) is 11.4 Å². The van der Waals surface area contributed by atoms with E-state index in [1.54, 1.807) is 30.3 Å². The van der Waals surface area contributed by atoms with Crippen LogP contribution in [0.1, 0.15) is 4.88 Å². The highest BCUT2D eigenvalue weighted by atomic mass is 79.9. The predicted molar refractivity (Wildman–Crippen MR) is 98.4 cm³/mol. The minimum Gasteiger partial charge on any atom is -0.321 e. The van der Waals surface area contributed by atoms with Gasteiger partial charge in [-0.1, -0.05) is 28.1 Å². The summed E-state index contributed by atoms with van der Waals surface area (Å²) >= 11 is 4.68. The quantitative estimate of drug-likeness (QED) is 0.820. The van der Waals surface area contributed by atoms with Crippen LogP contribution in [0.3, 0.4) is 0 Å². The molecule has 9 heteroatoms. The van der Waals surface area contributed by atoms with Gasteiger partial charge in [0, 0.05) is 17.2 Å². The first-order valence-corrected chi connectivity index (χ1v) is 9.85. The third-order valence-electron chi connectivity index (χ3n) is 3.26. The molecular formula is C15H12BrN3O3S2. The second kappa shape index (κ2) is 6.50. The van der Waals surface area contributed by atoms with Crippen molar-refractivity contribution in [2.24, 2.45) is 4.40 Å². The number of halogens is 1. The summed E-state index contributed by atoms with van der Waals surface area (Å²) in [7, 11) is -2.64. The van der Waals surface area contributed by atoms with E-state index in [4.69, 9.17) is 0 Å². The molecule has 1 aliphatic rings. The molecule has 1 aromatic carbocycles. The van der Waals surface area contributed by atoms with E-state index >= 15 is 0 Å². The lowest BCUT2D eigenvalue weighted by molar-refractivity contribution is -0.113. The Kier molecular flexibility index (Phi) is 4.57. The Morgan fingerprint density at radius 1 is 1.29 bits per heavy atom. The van der Waals surface area contributed by atoms with Gasteiger partial charge < -0.3 is 5.32 Å². The molecule has 0 atom stereocenters. The third-order valence-corrected chi connectivity index (χ3v) is 5.96. The van der Waals surface area contributed by atoms with Gasteiger partial charge >= 0.3 is 10.2 Å². The molecule has 24 heavy (non-hydrogen) atoms. The second-order valence-corrected chi connectivity index (χ2v) is 8.38. The van der Waals surface area contributed by atoms with Gasteiger partial charge in [0.1, 0.15) is 5.70 Å². The number of likely N-dealkylation sites (N-methyl/N-ethyl adjacent to an activating group) is 1. The topological polar surface area (TPSA) is 78.8 Å². The number of carbonyl (C=O) groups is 1. The first-order valence-electron chi connectivity index (χ1n) is 6.78. The zero-order valence-electron chi connectivity index (χ0n) is 12.4. The molecule has 1 aliphatic heterocycles. The van der Waals surface area contributed by atoms with Gasteiger partial charge in [-0.2, -0.15) is 8.42 Å². The molecule has 0 fully saturated rings. The van der Waals surface area contributed by atoms with Crippen LogP contribution in [-0.4, -0.2) is 31.4 Å². The summed E-state index contributed by atoms with van der Waals surface area (Å²) in [4.78, 5) is 13.2. The highest BCUT2D eigenvalue weighted by Gasteiger charge is 2.30. The average Bonchev–Trinajstić information content (AvgIpc) is 3.04. The van der Waals surface area contributed by atoms with Crippen LogP contribution in [0.15, 0.2) is 62.4 Å². The van der Waals surface area contributed by atoms with E-state index in [1.165, 1.54) is 24.5 Å². The van der Waals surface area contributed by atoms with Gasteiger partial charge in [0.05, 0.1) is 10.6 Å². The van der Waals surface area contributed by atoms with Gasteiger partial charge in [-0.3, -0.25) is 4.79 Å². The van der Waals surface area contributed by atoms with Crippen molar-refractivity contribution in [3.05, 3.63) is 62.9 Å². The van der Waals surface area contributed by atoms with Crippen molar-refractivity contribution in [3.8, 4) is 0 Å². The Labute approximate surface area is 151 Å². The van der Waals surface area contributed by atoms with Crippen LogP contribution >= 0.6 is 27.3 Å². The molecule has 3 rings (SSSR count). The monoisotopic (exact) mass is 425 g/mol. The van der Waals surface area contributed by atoms with Crippen molar-refractivity contribution in [2.45, 2.75) is 0 Å². The summed E-state index contributed by atoms with van der Waals surface area (Å²) in [6, 6.07) is 10.6. The molecule has 2 aromatic rings. The number of carbonyl (C=O) groups excluding carboxylic acids is 1. The molecule has 0 saturated carbocycles. The minimum atomic E-state index is -3.94. The lowest BCUT2D eigenvalue weighted by atomic mass is 10.2. The molecule has 6 nitrogen and oxygen atoms in total. The number of amides is 1. The summed E-state index contributed by atoms with van der Waals surface area (Å²) in [5, 5.41) is 4.51. The summed E-state index contributed by atoms with van der Waals surface area (Å²) in [5.74, 6) is -0.525. The van der Waals surface area contributed by atoms with Crippen LogP contribution in [-0.2, 0) is 15.0 Å². The average molecular weight is 426 g/mol. The molecule has 0 unspecified atom stereocenters. The number of nitrogens with one attached hydrogen (secondary N) is 1. The van der Waals surface area contributed by atoms with Crippen molar-refractivity contribution in [2.75, 3.05) is 12.4 Å². The van der Waals surface area contributed by atoms with Crippen molar-refractivity contribution in [3.63, 3.8) is 0 Å². The molecule has 0 aliphatic carbocycles. The number of anilines is 1. The number of hydrogen-bond donors (Lipinski definition) is 1. The van der Waals surface area contributed by atoms with Gasteiger partial charge in [0.25, 0.3) is 5.91 Å². The van der Waals surface area contributed by atoms with E-state index in [0.717, 1.165) is 8.78 Å². The minimum absolute atomic E-state index is 0.00776. The van der Waals surface area contributed by atoms with Crippen LogP contribution in [0.25, 0.3) is 0 Å². The number of benzene rings is 1. The molecule has 1 amide bonds. The van der Waals surface area contributed by atoms with Gasteiger partial charge in [-0.05, 0) is 35.7 Å². The van der Waals surface area contributed by atoms with Gasteiger partial charge in [-0.15, -0.1) is 15.7 Å². The number of nitrogens with zero attached hydrogens (tertiary/aromatic N) is 2. The maximum Gasteiger partial charge on any atom is 0.345 e. The summed E-state index contributed by atoms with van der Waals surface area (Å²) in [6.45, 7) is 0. The standard InChI is InChI=1S/C15H12BrN3O3S2/c1-19-13(15(20)17-11-5-2-4-10(16)8-11)9-12(18-24(19,21)22)14-6-3-7-23-14/h2-9H,1H3,(H,17,20). The normalized spacial score (nSPS) is 16.3.